The van der Waals surface area contributed by atoms with Crippen molar-refractivity contribution in [3.63, 3.8) is 0 Å². The fraction of sp³-hybridized carbons (Fsp3) is 0.800. The minimum Gasteiger partial charge on any atom is -0.378 e. The van der Waals surface area contributed by atoms with Crippen molar-refractivity contribution in [1.82, 2.24) is 0 Å². The first-order chi connectivity index (χ1) is 3.91. The molecule has 0 aromatic rings. The molecule has 0 amide bonds. The van der Waals surface area contributed by atoms with E-state index < -0.39 is 0 Å². The van der Waals surface area contributed by atoms with E-state index in [0.29, 0.717) is 26.4 Å². The van der Waals surface area contributed by atoms with Crippen LogP contribution in [0.25, 0.3) is 0 Å². The molecule has 0 saturated carbocycles. The predicted molar refractivity (Wildman–Crippen MR) is 31.2 cm³/mol. The first kappa shape index (κ1) is 7.88. The molecule has 0 aliphatic heterocycles. The first-order valence-corrected chi connectivity index (χ1v) is 2.56. The third-order valence-electron chi connectivity index (χ3n) is 0.634. The summed E-state index contributed by atoms with van der Waals surface area (Å²) in [6.07, 6.45) is 0. The molecule has 0 aliphatic carbocycles. The number of hydrogen-bond donors (Lipinski definition) is 1. The maximum Gasteiger partial charge on any atom is 0.0701 e. The summed E-state index contributed by atoms with van der Waals surface area (Å²) in [6.45, 7) is 2.29. The van der Waals surface area contributed by atoms with E-state index in [-0.39, 0.29) is 0 Å². The van der Waals surface area contributed by atoms with Gasteiger partial charge < -0.3 is 15.2 Å². The number of hydrogen-bond acceptors (Lipinski definition) is 3. The van der Waals surface area contributed by atoms with Gasteiger partial charge in [-0.15, -0.1) is 0 Å². The Hall–Kier alpha value is -0.120. The first-order valence-electron chi connectivity index (χ1n) is 2.56. The van der Waals surface area contributed by atoms with Crippen molar-refractivity contribution in [2.24, 2.45) is 5.73 Å². The van der Waals surface area contributed by atoms with Crippen LogP contribution < -0.4 is 5.73 Å². The van der Waals surface area contributed by atoms with Crippen molar-refractivity contribution < 1.29 is 9.47 Å². The standard InChI is InChI=1S/C5H12NO2/c1-7-4-5-8-3-2-6/h1-6H2. The van der Waals surface area contributed by atoms with Crippen LogP contribution in [0.4, 0.5) is 0 Å². The molecule has 0 aromatic carbocycles. The van der Waals surface area contributed by atoms with Crippen LogP contribution in [0.15, 0.2) is 0 Å². The lowest BCUT2D eigenvalue weighted by atomic mass is 10.7. The lowest BCUT2D eigenvalue weighted by Crippen LogP contribution is -2.10. The Kier molecular flexibility index (Phi) is 6.78. The monoisotopic (exact) mass is 118 g/mol. The van der Waals surface area contributed by atoms with Gasteiger partial charge in [0.2, 0.25) is 0 Å². The molecule has 0 rings (SSSR count). The molecule has 0 unspecified atom stereocenters. The van der Waals surface area contributed by atoms with Gasteiger partial charge in [-0.1, -0.05) is 0 Å². The van der Waals surface area contributed by atoms with Gasteiger partial charge in [0.05, 0.1) is 26.9 Å². The van der Waals surface area contributed by atoms with Gasteiger partial charge in [-0.3, -0.25) is 0 Å². The maximum atomic E-state index is 5.13. The Bertz CT molecular complexity index is 35.4. The average molecular weight is 118 g/mol. The summed E-state index contributed by atoms with van der Waals surface area (Å²) in [5.41, 5.74) is 5.13. The zero-order chi connectivity index (χ0) is 6.24. The van der Waals surface area contributed by atoms with Gasteiger partial charge in [-0.2, -0.15) is 0 Å². The maximum absolute atomic E-state index is 5.13. The zero-order valence-corrected chi connectivity index (χ0v) is 4.93. The van der Waals surface area contributed by atoms with Crippen LogP contribution in [0.1, 0.15) is 0 Å². The molecular weight excluding hydrogens is 106 g/mol. The van der Waals surface area contributed by atoms with E-state index in [1.807, 2.05) is 0 Å². The number of rotatable bonds is 5. The number of ether oxygens (including phenoxy) is 2. The summed E-state index contributed by atoms with van der Waals surface area (Å²) < 4.78 is 9.41. The van der Waals surface area contributed by atoms with Crippen LogP contribution in [0.5, 0.6) is 0 Å². The van der Waals surface area contributed by atoms with Crippen LogP contribution >= 0.6 is 0 Å². The third-order valence-corrected chi connectivity index (χ3v) is 0.634. The van der Waals surface area contributed by atoms with Gasteiger partial charge in [0, 0.05) is 6.54 Å². The second-order valence-corrected chi connectivity index (χ2v) is 1.31. The lowest BCUT2D eigenvalue weighted by Gasteiger charge is -1.98. The van der Waals surface area contributed by atoms with E-state index in [0.717, 1.165) is 0 Å². The predicted octanol–water partition coefficient (Wildman–Crippen LogP) is -0.230. The summed E-state index contributed by atoms with van der Waals surface area (Å²) in [4.78, 5) is 0. The fourth-order valence-electron chi connectivity index (χ4n) is 0.303. The van der Waals surface area contributed by atoms with Crippen LogP contribution in [0, 0.1) is 7.11 Å². The van der Waals surface area contributed by atoms with Crippen LogP contribution in [-0.4, -0.2) is 26.4 Å². The van der Waals surface area contributed by atoms with Gasteiger partial charge >= 0.3 is 0 Å². The summed E-state index contributed by atoms with van der Waals surface area (Å²) in [5, 5.41) is 0. The molecule has 3 nitrogen and oxygen atoms in total. The minimum atomic E-state index is 0.542. The van der Waals surface area contributed by atoms with E-state index in [9.17, 15) is 0 Å². The third kappa shape index (κ3) is 5.88. The Morgan fingerprint density at radius 2 is 2.00 bits per heavy atom. The van der Waals surface area contributed by atoms with Crippen molar-refractivity contribution >= 4 is 0 Å². The van der Waals surface area contributed by atoms with E-state index in [1.165, 1.54) is 0 Å². The van der Waals surface area contributed by atoms with Gasteiger partial charge in [0.15, 0.2) is 0 Å². The summed E-state index contributed by atoms with van der Waals surface area (Å²) in [6, 6.07) is 0. The van der Waals surface area contributed by atoms with Crippen molar-refractivity contribution in [1.29, 1.82) is 0 Å². The normalized spacial score (nSPS) is 9.75. The second kappa shape index (κ2) is 6.88. The van der Waals surface area contributed by atoms with Crippen LogP contribution in [-0.2, 0) is 9.47 Å². The smallest absolute Gasteiger partial charge is 0.0701 e. The summed E-state index contributed by atoms with van der Waals surface area (Å²) in [5.74, 6) is 0. The molecule has 8 heavy (non-hydrogen) atoms. The van der Waals surface area contributed by atoms with E-state index in [1.54, 1.807) is 0 Å². The number of nitrogens with two attached hydrogens (primary N) is 1. The molecular formula is C5H12NO2. The Labute approximate surface area is 49.8 Å². The fourth-order valence-corrected chi connectivity index (χ4v) is 0.303. The molecule has 49 valence electrons. The van der Waals surface area contributed by atoms with Crippen molar-refractivity contribution in [3.8, 4) is 0 Å². The molecule has 0 fully saturated rings. The molecule has 0 heterocycles. The molecule has 0 saturated heterocycles. The minimum absolute atomic E-state index is 0.542. The van der Waals surface area contributed by atoms with E-state index in [2.05, 4.69) is 11.8 Å². The molecule has 2 N–H and O–H groups in total. The van der Waals surface area contributed by atoms with E-state index in [4.69, 9.17) is 10.5 Å². The highest BCUT2D eigenvalue weighted by Crippen LogP contribution is 1.72. The van der Waals surface area contributed by atoms with Crippen molar-refractivity contribution in [2.75, 3.05) is 26.4 Å². The summed E-state index contributed by atoms with van der Waals surface area (Å²) >= 11 is 0. The molecule has 1 radical (unpaired) electrons. The van der Waals surface area contributed by atoms with Crippen molar-refractivity contribution in [2.45, 2.75) is 0 Å². The SMILES string of the molecule is [CH2]OCCOCCN. The lowest BCUT2D eigenvalue weighted by molar-refractivity contribution is 0.0876. The van der Waals surface area contributed by atoms with E-state index >= 15 is 0 Å². The molecule has 0 aliphatic rings. The van der Waals surface area contributed by atoms with Gasteiger partial charge in [-0.05, 0) is 0 Å². The highest BCUT2D eigenvalue weighted by atomic mass is 16.5. The highest BCUT2D eigenvalue weighted by Gasteiger charge is 1.81. The quantitative estimate of drug-likeness (QED) is 0.507. The van der Waals surface area contributed by atoms with Gasteiger partial charge in [0.1, 0.15) is 0 Å². The van der Waals surface area contributed by atoms with Crippen LogP contribution in [0.3, 0.4) is 0 Å². The topological polar surface area (TPSA) is 44.5 Å². The summed E-state index contributed by atoms with van der Waals surface area (Å²) in [7, 11) is 3.17. The molecule has 3 heteroatoms. The Morgan fingerprint density at radius 1 is 1.25 bits per heavy atom. The second-order valence-electron chi connectivity index (χ2n) is 1.31. The Balaban J connectivity index is 2.53. The van der Waals surface area contributed by atoms with Crippen LogP contribution in [0.2, 0.25) is 0 Å². The average Bonchev–Trinajstić information content (AvgIpc) is 1.81. The largest absolute Gasteiger partial charge is 0.378 e. The molecule has 0 atom stereocenters. The Morgan fingerprint density at radius 3 is 2.50 bits per heavy atom. The zero-order valence-electron chi connectivity index (χ0n) is 4.93. The highest BCUT2D eigenvalue weighted by molar-refractivity contribution is 4.30. The van der Waals surface area contributed by atoms with Crippen molar-refractivity contribution in [3.05, 3.63) is 7.11 Å². The molecule has 0 bridgehead atoms. The molecule has 0 spiro atoms. The van der Waals surface area contributed by atoms with Gasteiger partial charge in [-0.25, -0.2) is 0 Å². The molecule has 0 aromatic heterocycles. The van der Waals surface area contributed by atoms with Gasteiger partial charge in [0.25, 0.3) is 0 Å².